The number of carbonyl (C=O) groups excluding carboxylic acids is 1. The summed E-state index contributed by atoms with van der Waals surface area (Å²) in [6, 6.07) is 9.80. The van der Waals surface area contributed by atoms with E-state index in [0.29, 0.717) is 10.4 Å². The first-order valence-corrected chi connectivity index (χ1v) is 8.86. The van der Waals surface area contributed by atoms with Gasteiger partial charge >= 0.3 is 0 Å². The van der Waals surface area contributed by atoms with Gasteiger partial charge in [0.25, 0.3) is 11.6 Å². The Hall–Kier alpha value is -3.26. The lowest BCUT2D eigenvalue weighted by Gasteiger charge is -2.05. The molecule has 0 bridgehead atoms. The number of hydrogen-bond acceptors (Lipinski definition) is 5. The molecule has 138 valence electrons. The Morgan fingerprint density at radius 2 is 1.96 bits per heavy atom. The topological polar surface area (TPSA) is 86.7 Å². The highest BCUT2D eigenvalue weighted by molar-refractivity contribution is 7.16. The molecule has 0 saturated carbocycles. The number of fused-ring (bicyclic) bond motifs is 1. The van der Waals surface area contributed by atoms with Crippen LogP contribution in [0.2, 0.25) is 0 Å². The molecule has 0 radical (unpaired) electrons. The minimum Gasteiger partial charge on any atom is -0.495 e. The molecule has 1 heterocycles. The lowest BCUT2D eigenvalue weighted by molar-refractivity contribution is -0.384. The molecular formula is C19H17N3O4S. The molecular weight excluding hydrogens is 366 g/mol. The second kappa shape index (κ2) is 7.55. The van der Waals surface area contributed by atoms with E-state index in [1.807, 2.05) is 30.7 Å². The van der Waals surface area contributed by atoms with Gasteiger partial charge in [-0.25, -0.2) is 0 Å². The van der Waals surface area contributed by atoms with Crippen LogP contribution in [0.5, 0.6) is 5.75 Å². The van der Waals surface area contributed by atoms with Crippen molar-refractivity contribution in [3.8, 4) is 5.75 Å². The van der Waals surface area contributed by atoms with Crippen molar-refractivity contribution < 1.29 is 14.5 Å². The zero-order valence-corrected chi connectivity index (χ0v) is 15.8. The van der Waals surface area contributed by atoms with Crippen molar-refractivity contribution in [2.24, 2.45) is 12.0 Å². The number of methoxy groups -OCH3 is 1. The number of aromatic nitrogens is 1. The molecule has 0 atom stereocenters. The minimum absolute atomic E-state index is 0.00443. The van der Waals surface area contributed by atoms with Gasteiger partial charge in [0.05, 0.1) is 16.7 Å². The molecule has 0 aliphatic rings. The van der Waals surface area contributed by atoms with Crippen LogP contribution in [0, 0.1) is 17.0 Å². The molecule has 3 aromatic rings. The molecule has 0 aliphatic heterocycles. The van der Waals surface area contributed by atoms with Crippen molar-refractivity contribution in [3.05, 3.63) is 68.5 Å². The van der Waals surface area contributed by atoms with E-state index in [1.165, 1.54) is 29.5 Å². The predicted molar refractivity (Wildman–Crippen MR) is 105 cm³/mol. The highest BCUT2D eigenvalue weighted by Gasteiger charge is 2.11. The van der Waals surface area contributed by atoms with E-state index in [9.17, 15) is 14.9 Å². The summed E-state index contributed by atoms with van der Waals surface area (Å²) in [5.74, 6) is 0.316. The Labute approximate surface area is 159 Å². The molecule has 1 aromatic heterocycles. The molecule has 0 unspecified atom stereocenters. The highest BCUT2D eigenvalue weighted by Crippen LogP contribution is 2.29. The molecule has 0 fully saturated rings. The fourth-order valence-electron chi connectivity index (χ4n) is 2.62. The molecule has 0 spiro atoms. The number of thiazole rings is 1. The zero-order chi connectivity index (χ0) is 19.6. The van der Waals surface area contributed by atoms with Gasteiger partial charge in [-0.1, -0.05) is 17.4 Å². The van der Waals surface area contributed by atoms with Crippen molar-refractivity contribution >= 4 is 39.2 Å². The van der Waals surface area contributed by atoms with E-state index in [-0.39, 0.29) is 5.69 Å². The number of amides is 1. The van der Waals surface area contributed by atoms with Gasteiger partial charge in [0.15, 0.2) is 4.80 Å². The molecule has 3 rings (SSSR count). The SMILES string of the molecule is COc1ccc(C)c2sc(=NC(=O)/C=C/c3ccc([N+](=O)[O-])cc3)n(C)c12. The summed E-state index contributed by atoms with van der Waals surface area (Å²) in [6.45, 7) is 2.00. The lowest BCUT2D eigenvalue weighted by Crippen LogP contribution is -2.12. The van der Waals surface area contributed by atoms with E-state index in [2.05, 4.69) is 4.99 Å². The quantitative estimate of drug-likeness (QED) is 0.391. The van der Waals surface area contributed by atoms with Gasteiger partial charge in [0.1, 0.15) is 11.3 Å². The Morgan fingerprint density at radius 1 is 1.26 bits per heavy atom. The third-order valence-corrected chi connectivity index (χ3v) is 5.32. The number of non-ortho nitro benzene ring substituents is 1. The molecule has 1 amide bonds. The van der Waals surface area contributed by atoms with Crippen LogP contribution in [0.4, 0.5) is 5.69 Å². The summed E-state index contributed by atoms with van der Waals surface area (Å²) in [4.78, 5) is 27.2. The minimum atomic E-state index is -0.467. The smallest absolute Gasteiger partial charge is 0.272 e. The standard InChI is InChI=1S/C19H17N3O4S/c1-12-4-10-15(26-3)17-18(12)27-19(21(17)2)20-16(23)11-7-13-5-8-14(9-6-13)22(24)25/h4-11H,1-3H3/b11-7+,20-19?. The lowest BCUT2D eigenvalue weighted by atomic mass is 10.2. The molecule has 0 saturated heterocycles. The third kappa shape index (κ3) is 3.80. The number of aryl methyl sites for hydroxylation is 2. The van der Waals surface area contributed by atoms with Gasteiger partial charge < -0.3 is 9.30 Å². The number of nitro groups is 1. The fraction of sp³-hybridized carbons (Fsp3) is 0.158. The van der Waals surface area contributed by atoms with Crippen molar-refractivity contribution in [3.63, 3.8) is 0 Å². The van der Waals surface area contributed by atoms with Gasteiger partial charge in [-0.05, 0) is 42.3 Å². The van der Waals surface area contributed by atoms with E-state index in [1.54, 1.807) is 25.3 Å². The number of benzene rings is 2. The van der Waals surface area contributed by atoms with Crippen LogP contribution >= 0.6 is 11.3 Å². The average molecular weight is 383 g/mol. The number of hydrogen-bond donors (Lipinski definition) is 0. The normalized spacial score (nSPS) is 12.0. The number of nitrogens with zero attached hydrogens (tertiary/aromatic N) is 3. The molecule has 0 N–H and O–H groups in total. The van der Waals surface area contributed by atoms with Crippen molar-refractivity contribution in [2.45, 2.75) is 6.92 Å². The first-order chi connectivity index (χ1) is 12.9. The summed E-state index contributed by atoms with van der Waals surface area (Å²) in [5, 5.41) is 10.7. The summed E-state index contributed by atoms with van der Waals surface area (Å²) in [5.41, 5.74) is 2.67. The van der Waals surface area contributed by atoms with Crippen LogP contribution in [0.1, 0.15) is 11.1 Å². The Kier molecular flexibility index (Phi) is 5.18. The fourth-order valence-corrected chi connectivity index (χ4v) is 3.73. The van der Waals surface area contributed by atoms with Crippen LogP contribution in [0.25, 0.3) is 16.3 Å². The number of carbonyl (C=O) groups is 1. The Bertz CT molecular complexity index is 1120. The van der Waals surface area contributed by atoms with Crippen LogP contribution < -0.4 is 9.54 Å². The maximum Gasteiger partial charge on any atom is 0.272 e. The summed E-state index contributed by atoms with van der Waals surface area (Å²) < 4.78 is 8.26. The van der Waals surface area contributed by atoms with E-state index in [0.717, 1.165) is 21.5 Å². The second-order valence-corrected chi connectivity index (χ2v) is 6.82. The van der Waals surface area contributed by atoms with Crippen LogP contribution in [0.15, 0.2) is 47.5 Å². The monoisotopic (exact) mass is 383 g/mol. The Balaban J connectivity index is 1.92. The number of nitro benzene ring substituents is 1. The first kappa shape index (κ1) is 18.5. The largest absolute Gasteiger partial charge is 0.495 e. The maximum atomic E-state index is 12.2. The Morgan fingerprint density at radius 3 is 2.59 bits per heavy atom. The van der Waals surface area contributed by atoms with E-state index in [4.69, 9.17) is 4.74 Å². The van der Waals surface area contributed by atoms with Gasteiger partial charge in [0.2, 0.25) is 0 Å². The molecule has 27 heavy (non-hydrogen) atoms. The van der Waals surface area contributed by atoms with Gasteiger partial charge in [-0.3, -0.25) is 14.9 Å². The van der Waals surface area contributed by atoms with Crippen molar-refractivity contribution in [1.82, 2.24) is 4.57 Å². The van der Waals surface area contributed by atoms with Crippen LogP contribution in [-0.2, 0) is 11.8 Å². The van der Waals surface area contributed by atoms with Gasteiger partial charge in [-0.15, -0.1) is 0 Å². The summed E-state index contributed by atoms with van der Waals surface area (Å²) in [6.07, 6.45) is 2.92. The second-order valence-electron chi connectivity index (χ2n) is 5.84. The molecule has 2 aromatic carbocycles. The van der Waals surface area contributed by atoms with E-state index >= 15 is 0 Å². The van der Waals surface area contributed by atoms with Crippen molar-refractivity contribution in [1.29, 1.82) is 0 Å². The van der Waals surface area contributed by atoms with E-state index < -0.39 is 10.8 Å². The number of ether oxygens (including phenoxy) is 1. The zero-order valence-electron chi connectivity index (χ0n) is 15.0. The van der Waals surface area contributed by atoms with Gasteiger partial charge in [0, 0.05) is 25.3 Å². The first-order valence-electron chi connectivity index (χ1n) is 8.05. The third-order valence-electron chi connectivity index (χ3n) is 4.06. The number of rotatable bonds is 4. The summed E-state index contributed by atoms with van der Waals surface area (Å²) >= 11 is 1.42. The van der Waals surface area contributed by atoms with Crippen LogP contribution in [-0.4, -0.2) is 22.5 Å². The molecule has 7 nitrogen and oxygen atoms in total. The maximum absolute atomic E-state index is 12.2. The van der Waals surface area contributed by atoms with Gasteiger partial charge in [-0.2, -0.15) is 4.99 Å². The molecule has 0 aliphatic carbocycles. The molecule has 8 heteroatoms. The van der Waals surface area contributed by atoms with Crippen molar-refractivity contribution in [2.75, 3.05) is 7.11 Å². The highest BCUT2D eigenvalue weighted by atomic mass is 32.1. The average Bonchev–Trinajstić information content (AvgIpc) is 2.98. The van der Waals surface area contributed by atoms with Crippen LogP contribution in [0.3, 0.4) is 0 Å². The summed E-state index contributed by atoms with van der Waals surface area (Å²) in [7, 11) is 3.45. The predicted octanol–water partition coefficient (Wildman–Crippen LogP) is 3.61.